The number of hydrogen-bond acceptors (Lipinski definition) is 3. The maximum atomic E-state index is 13.2. The second-order valence-electron chi connectivity index (χ2n) is 4.83. The van der Waals surface area contributed by atoms with Crippen molar-refractivity contribution in [3.63, 3.8) is 0 Å². The summed E-state index contributed by atoms with van der Waals surface area (Å²) in [6, 6.07) is 3.54. The number of carboxylic acids is 1. The van der Waals surface area contributed by atoms with E-state index in [0.29, 0.717) is 17.0 Å². The third-order valence-electron chi connectivity index (χ3n) is 3.06. The molecule has 2 N–H and O–H groups in total. The van der Waals surface area contributed by atoms with Gasteiger partial charge in [0.25, 0.3) is 0 Å². The molecule has 1 aromatic carbocycles. The summed E-state index contributed by atoms with van der Waals surface area (Å²) in [4.78, 5) is 15.4. The van der Waals surface area contributed by atoms with Gasteiger partial charge in [0, 0.05) is 7.05 Å². The summed E-state index contributed by atoms with van der Waals surface area (Å²) in [5.74, 6) is -0.954. The molecule has 0 fully saturated rings. The molecule has 0 saturated carbocycles. The first kappa shape index (κ1) is 13.3. The van der Waals surface area contributed by atoms with Crippen LogP contribution in [0.4, 0.5) is 10.3 Å². The van der Waals surface area contributed by atoms with Gasteiger partial charge in [0.05, 0.1) is 11.0 Å². The molecule has 0 spiro atoms. The van der Waals surface area contributed by atoms with Gasteiger partial charge in [-0.15, -0.1) is 0 Å². The second-order valence-corrected chi connectivity index (χ2v) is 4.83. The monoisotopic (exact) mass is 265 g/mol. The summed E-state index contributed by atoms with van der Waals surface area (Å²) in [6.45, 7) is 3.63. The standard InChI is InChI=1S/C13H16FN3O2/c1-7(2)11(12(18)19)16-13-15-9-5-4-8(14)6-10(9)17(13)3/h4-7,11H,1-3H3,(H,15,16)(H,18,19)/t11-/m0/s1. The van der Waals surface area contributed by atoms with Crippen molar-refractivity contribution in [2.75, 3.05) is 5.32 Å². The maximum absolute atomic E-state index is 13.2. The summed E-state index contributed by atoms with van der Waals surface area (Å²) in [5, 5.41) is 12.0. The van der Waals surface area contributed by atoms with Gasteiger partial charge in [-0.1, -0.05) is 13.8 Å². The van der Waals surface area contributed by atoms with E-state index in [1.807, 2.05) is 13.8 Å². The number of anilines is 1. The molecule has 0 aliphatic rings. The van der Waals surface area contributed by atoms with E-state index < -0.39 is 12.0 Å². The van der Waals surface area contributed by atoms with Crippen LogP contribution in [0.2, 0.25) is 0 Å². The molecule has 102 valence electrons. The molecule has 6 heteroatoms. The predicted molar refractivity (Wildman–Crippen MR) is 70.6 cm³/mol. The number of benzene rings is 1. The van der Waals surface area contributed by atoms with E-state index in [1.54, 1.807) is 17.7 Å². The highest BCUT2D eigenvalue weighted by molar-refractivity contribution is 5.81. The average molecular weight is 265 g/mol. The molecular formula is C13H16FN3O2. The van der Waals surface area contributed by atoms with Crippen molar-refractivity contribution in [1.29, 1.82) is 0 Å². The summed E-state index contributed by atoms with van der Waals surface area (Å²) < 4.78 is 14.8. The van der Waals surface area contributed by atoms with Crippen molar-refractivity contribution in [3.8, 4) is 0 Å². The first-order valence-corrected chi connectivity index (χ1v) is 6.01. The molecule has 0 saturated heterocycles. The van der Waals surface area contributed by atoms with Crippen LogP contribution in [-0.2, 0) is 11.8 Å². The van der Waals surface area contributed by atoms with Gasteiger partial charge < -0.3 is 15.0 Å². The van der Waals surface area contributed by atoms with Crippen LogP contribution in [0.1, 0.15) is 13.8 Å². The average Bonchev–Trinajstić information content (AvgIpc) is 2.62. The molecule has 0 amide bonds. The quantitative estimate of drug-likeness (QED) is 0.889. The van der Waals surface area contributed by atoms with E-state index in [9.17, 15) is 9.18 Å². The van der Waals surface area contributed by atoms with Gasteiger partial charge in [0.15, 0.2) is 0 Å². The smallest absolute Gasteiger partial charge is 0.326 e. The van der Waals surface area contributed by atoms with Crippen LogP contribution in [-0.4, -0.2) is 26.7 Å². The van der Waals surface area contributed by atoms with Crippen LogP contribution >= 0.6 is 0 Å². The number of carboxylic acid groups (broad SMARTS) is 1. The number of imidazole rings is 1. The zero-order chi connectivity index (χ0) is 14.2. The van der Waals surface area contributed by atoms with Crippen LogP contribution in [0, 0.1) is 11.7 Å². The lowest BCUT2D eigenvalue weighted by molar-refractivity contribution is -0.138. The Morgan fingerprint density at radius 1 is 1.47 bits per heavy atom. The number of nitrogens with zero attached hydrogens (tertiary/aromatic N) is 2. The van der Waals surface area contributed by atoms with Gasteiger partial charge in [0.2, 0.25) is 5.95 Å². The summed E-state index contributed by atoms with van der Waals surface area (Å²) in [6.07, 6.45) is 0. The van der Waals surface area contributed by atoms with Crippen molar-refractivity contribution in [2.45, 2.75) is 19.9 Å². The molecule has 0 unspecified atom stereocenters. The number of nitrogens with one attached hydrogen (secondary N) is 1. The summed E-state index contributed by atoms with van der Waals surface area (Å²) >= 11 is 0. The number of rotatable bonds is 4. The lowest BCUT2D eigenvalue weighted by atomic mass is 10.1. The molecule has 1 atom stereocenters. The van der Waals surface area contributed by atoms with Crippen molar-refractivity contribution < 1.29 is 14.3 Å². The Labute approximate surface area is 110 Å². The van der Waals surface area contributed by atoms with Crippen LogP contribution in [0.3, 0.4) is 0 Å². The number of aromatic nitrogens is 2. The van der Waals surface area contributed by atoms with Crippen molar-refractivity contribution >= 4 is 23.0 Å². The van der Waals surface area contributed by atoms with E-state index in [1.165, 1.54) is 12.1 Å². The van der Waals surface area contributed by atoms with Crippen molar-refractivity contribution in [3.05, 3.63) is 24.0 Å². The van der Waals surface area contributed by atoms with Gasteiger partial charge in [0.1, 0.15) is 11.9 Å². The topological polar surface area (TPSA) is 67.2 Å². The largest absolute Gasteiger partial charge is 0.480 e. The number of hydrogen-bond donors (Lipinski definition) is 2. The molecule has 2 aromatic rings. The zero-order valence-electron chi connectivity index (χ0n) is 11.0. The number of aryl methyl sites for hydroxylation is 1. The van der Waals surface area contributed by atoms with E-state index >= 15 is 0 Å². The van der Waals surface area contributed by atoms with Gasteiger partial charge in [-0.05, 0) is 24.1 Å². The van der Waals surface area contributed by atoms with Crippen molar-refractivity contribution in [1.82, 2.24) is 9.55 Å². The summed E-state index contributed by atoms with van der Waals surface area (Å²) in [7, 11) is 1.72. The Morgan fingerprint density at radius 3 is 2.74 bits per heavy atom. The van der Waals surface area contributed by atoms with E-state index in [-0.39, 0.29) is 11.7 Å². The Hall–Kier alpha value is -2.11. The highest BCUT2D eigenvalue weighted by atomic mass is 19.1. The van der Waals surface area contributed by atoms with Crippen molar-refractivity contribution in [2.24, 2.45) is 13.0 Å². The third-order valence-corrected chi connectivity index (χ3v) is 3.06. The van der Waals surface area contributed by atoms with Crippen LogP contribution < -0.4 is 5.32 Å². The molecule has 0 radical (unpaired) electrons. The number of halogens is 1. The minimum Gasteiger partial charge on any atom is -0.480 e. The maximum Gasteiger partial charge on any atom is 0.326 e. The minimum atomic E-state index is -0.937. The Bertz CT molecular complexity index is 622. The first-order valence-electron chi connectivity index (χ1n) is 6.01. The number of carbonyl (C=O) groups is 1. The lowest BCUT2D eigenvalue weighted by Crippen LogP contribution is -2.35. The number of fused-ring (bicyclic) bond motifs is 1. The summed E-state index contributed by atoms with van der Waals surface area (Å²) in [5.41, 5.74) is 1.25. The third kappa shape index (κ3) is 2.52. The van der Waals surface area contributed by atoms with Gasteiger partial charge in [-0.25, -0.2) is 14.2 Å². The molecule has 1 aromatic heterocycles. The Kier molecular flexibility index (Phi) is 3.42. The zero-order valence-corrected chi connectivity index (χ0v) is 11.0. The second kappa shape index (κ2) is 4.87. The fourth-order valence-corrected chi connectivity index (χ4v) is 1.94. The fourth-order valence-electron chi connectivity index (χ4n) is 1.94. The van der Waals surface area contributed by atoms with Gasteiger partial charge in [-0.2, -0.15) is 0 Å². The van der Waals surface area contributed by atoms with E-state index in [4.69, 9.17) is 5.11 Å². The molecular weight excluding hydrogens is 249 g/mol. The highest BCUT2D eigenvalue weighted by Gasteiger charge is 2.23. The Balaban J connectivity index is 2.40. The van der Waals surface area contributed by atoms with E-state index in [0.717, 1.165) is 0 Å². The van der Waals surface area contributed by atoms with Crippen LogP contribution in [0.5, 0.6) is 0 Å². The Morgan fingerprint density at radius 2 is 2.16 bits per heavy atom. The van der Waals surface area contributed by atoms with Gasteiger partial charge in [-0.3, -0.25) is 0 Å². The van der Waals surface area contributed by atoms with Crippen LogP contribution in [0.25, 0.3) is 11.0 Å². The normalized spacial score (nSPS) is 12.9. The van der Waals surface area contributed by atoms with Gasteiger partial charge >= 0.3 is 5.97 Å². The predicted octanol–water partition coefficient (Wildman–Crippen LogP) is 2.23. The lowest BCUT2D eigenvalue weighted by Gasteiger charge is -2.18. The molecule has 2 rings (SSSR count). The van der Waals surface area contributed by atoms with Crippen LogP contribution in [0.15, 0.2) is 18.2 Å². The molecule has 0 aliphatic heterocycles. The molecule has 0 aliphatic carbocycles. The fraction of sp³-hybridized carbons (Fsp3) is 0.385. The minimum absolute atomic E-state index is 0.0888. The van der Waals surface area contributed by atoms with E-state index in [2.05, 4.69) is 10.3 Å². The molecule has 19 heavy (non-hydrogen) atoms. The SMILES string of the molecule is CC(C)[C@H](Nc1nc2ccc(F)cc2n1C)C(=O)O. The molecule has 0 bridgehead atoms. The highest BCUT2D eigenvalue weighted by Crippen LogP contribution is 2.20. The number of aliphatic carboxylic acids is 1. The molecule has 1 heterocycles. The first-order chi connectivity index (χ1) is 8.90. The molecule has 5 nitrogen and oxygen atoms in total.